The van der Waals surface area contributed by atoms with Gasteiger partial charge in [-0.05, 0) is 48.3 Å². The zero-order valence-electron chi connectivity index (χ0n) is 13.4. The second-order valence-corrected chi connectivity index (χ2v) is 6.24. The van der Waals surface area contributed by atoms with Crippen molar-refractivity contribution in [3.05, 3.63) is 51.5 Å². The average molecular weight is 379 g/mol. The molecular weight excluding hydrogens is 360 g/mol. The molecule has 2 rings (SSSR count). The monoisotopic (exact) mass is 378 g/mol. The van der Waals surface area contributed by atoms with Gasteiger partial charge in [-0.1, -0.05) is 6.92 Å². The molecule has 0 aliphatic carbocycles. The van der Waals surface area contributed by atoms with E-state index in [0.29, 0.717) is 15.6 Å². The summed E-state index contributed by atoms with van der Waals surface area (Å²) in [6, 6.07) is 3.45. The van der Waals surface area contributed by atoms with E-state index in [9.17, 15) is 9.59 Å². The number of carbonyl (C=O) groups is 2. The van der Waals surface area contributed by atoms with E-state index in [1.54, 1.807) is 12.3 Å². The molecule has 2 heterocycles. The first kappa shape index (κ1) is 17.4. The summed E-state index contributed by atoms with van der Waals surface area (Å²) >= 11 is 3.24. The SMILES string of the molecule is CCCn1c(C)cc(C(=O)COC(=O)c2cncc(Br)c2)c1C. The number of nitrogens with zero attached hydrogens (tertiary/aromatic N) is 2. The lowest BCUT2D eigenvalue weighted by Gasteiger charge is -2.08. The van der Waals surface area contributed by atoms with Crippen molar-refractivity contribution in [1.29, 1.82) is 0 Å². The first-order valence-corrected chi connectivity index (χ1v) is 8.21. The Morgan fingerprint density at radius 3 is 2.65 bits per heavy atom. The molecule has 0 radical (unpaired) electrons. The molecule has 0 spiro atoms. The summed E-state index contributed by atoms with van der Waals surface area (Å²) < 4.78 is 7.89. The fraction of sp³-hybridized carbons (Fsp3) is 0.353. The number of carbonyl (C=O) groups excluding carboxylic acids is 2. The number of hydrogen-bond acceptors (Lipinski definition) is 4. The highest BCUT2D eigenvalue weighted by atomic mass is 79.9. The van der Waals surface area contributed by atoms with Crippen LogP contribution in [0.4, 0.5) is 0 Å². The van der Waals surface area contributed by atoms with Crippen molar-refractivity contribution in [2.75, 3.05) is 6.61 Å². The topological polar surface area (TPSA) is 61.2 Å². The zero-order valence-corrected chi connectivity index (χ0v) is 15.0. The van der Waals surface area contributed by atoms with Crippen LogP contribution in [-0.2, 0) is 11.3 Å². The van der Waals surface area contributed by atoms with Gasteiger partial charge in [0.25, 0.3) is 0 Å². The van der Waals surface area contributed by atoms with Crippen LogP contribution in [0, 0.1) is 13.8 Å². The average Bonchev–Trinajstić information content (AvgIpc) is 2.81. The number of aromatic nitrogens is 2. The van der Waals surface area contributed by atoms with Crippen LogP contribution >= 0.6 is 15.9 Å². The van der Waals surface area contributed by atoms with Gasteiger partial charge in [-0.15, -0.1) is 0 Å². The van der Waals surface area contributed by atoms with Crippen molar-refractivity contribution in [3.8, 4) is 0 Å². The summed E-state index contributed by atoms with van der Waals surface area (Å²) in [5.74, 6) is -0.758. The number of hydrogen-bond donors (Lipinski definition) is 0. The minimum Gasteiger partial charge on any atom is -0.454 e. The van der Waals surface area contributed by atoms with Crippen molar-refractivity contribution in [1.82, 2.24) is 9.55 Å². The van der Waals surface area contributed by atoms with Gasteiger partial charge < -0.3 is 9.30 Å². The van der Waals surface area contributed by atoms with Crippen LogP contribution < -0.4 is 0 Å². The number of ketones is 1. The van der Waals surface area contributed by atoms with Gasteiger partial charge in [0.05, 0.1) is 5.56 Å². The second-order valence-electron chi connectivity index (χ2n) is 5.33. The summed E-state index contributed by atoms with van der Waals surface area (Å²) in [4.78, 5) is 28.2. The molecule has 0 aliphatic heterocycles. The van der Waals surface area contributed by atoms with Crippen LogP contribution in [0.3, 0.4) is 0 Å². The van der Waals surface area contributed by atoms with Crippen LogP contribution in [0.1, 0.15) is 45.4 Å². The molecule has 23 heavy (non-hydrogen) atoms. The van der Waals surface area contributed by atoms with E-state index in [-0.39, 0.29) is 12.4 Å². The van der Waals surface area contributed by atoms with Crippen molar-refractivity contribution >= 4 is 27.7 Å². The fourth-order valence-electron chi connectivity index (χ4n) is 2.47. The van der Waals surface area contributed by atoms with Crippen molar-refractivity contribution in [2.45, 2.75) is 33.7 Å². The summed E-state index contributed by atoms with van der Waals surface area (Å²) in [5, 5.41) is 0. The first-order valence-electron chi connectivity index (χ1n) is 7.41. The van der Waals surface area contributed by atoms with Crippen LogP contribution in [-0.4, -0.2) is 27.9 Å². The molecule has 6 heteroatoms. The van der Waals surface area contributed by atoms with E-state index in [2.05, 4.69) is 32.4 Å². The van der Waals surface area contributed by atoms with Crippen molar-refractivity contribution in [3.63, 3.8) is 0 Å². The number of rotatable bonds is 6. The Labute approximate surface area is 143 Å². The lowest BCUT2D eigenvalue weighted by molar-refractivity contribution is 0.0474. The third-order valence-electron chi connectivity index (χ3n) is 3.60. The molecule has 2 aromatic heterocycles. The highest BCUT2D eigenvalue weighted by Gasteiger charge is 2.17. The van der Waals surface area contributed by atoms with Crippen LogP contribution in [0.15, 0.2) is 29.0 Å². The number of aryl methyl sites for hydroxylation is 1. The van der Waals surface area contributed by atoms with E-state index >= 15 is 0 Å². The van der Waals surface area contributed by atoms with E-state index in [1.165, 1.54) is 6.20 Å². The van der Waals surface area contributed by atoms with Crippen LogP contribution in [0.2, 0.25) is 0 Å². The molecular formula is C17H19BrN2O3. The maximum atomic E-state index is 12.3. The molecule has 0 bridgehead atoms. The molecule has 122 valence electrons. The standard InChI is InChI=1S/C17H19BrN2O3/c1-4-5-20-11(2)6-15(12(20)3)16(21)10-23-17(22)13-7-14(18)9-19-8-13/h6-9H,4-5,10H2,1-3H3. The molecule has 0 amide bonds. The third-order valence-corrected chi connectivity index (χ3v) is 4.03. The Morgan fingerprint density at radius 2 is 2.00 bits per heavy atom. The lowest BCUT2D eigenvalue weighted by Crippen LogP contribution is -2.15. The maximum Gasteiger partial charge on any atom is 0.340 e. The minimum absolute atomic E-state index is 0.197. The Bertz CT molecular complexity index is 737. The predicted molar refractivity (Wildman–Crippen MR) is 90.7 cm³/mol. The Balaban J connectivity index is 2.05. The Morgan fingerprint density at radius 1 is 1.26 bits per heavy atom. The molecule has 0 N–H and O–H groups in total. The largest absolute Gasteiger partial charge is 0.454 e. The van der Waals surface area contributed by atoms with Crippen molar-refractivity contribution in [2.24, 2.45) is 0 Å². The maximum absolute atomic E-state index is 12.3. The van der Waals surface area contributed by atoms with Gasteiger partial charge in [-0.2, -0.15) is 0 Å². The quantitative estimate of drug-likeness (QED) is 0.567. The summed E-state index contributed by atoms with van der Waals surface area (Å²) in [6.07, 6.45) is 3.98. The highest BCUT2D eigenvalue weighted by molar-refractivity contribution is 9.10. The molecule has 2 aromatic rings. The minimum atomic E-state index is -0.561. The van der Waals surface area contributed by atoms with Crippen LogP contribution in [0.25, 0.3) is 0 Å². The number of ether oxygens (including phenoxy) is 1. The molecule has 0 atom stereocenters. The van der Waals surface area contributed by atoms with E-state index in [1.807, 2.05) is 19.9 Å². The van der Waals surface area contributed by atoms with Gasteiger partial charge in [0.15, 0.2) is 6.61 Å². The summed E-state index contributed by atoms with van der Waals surface area (Å²) in [5.41, 5.74) is 2.87. The Hall–Kier alpha value is -1.95. The van der Waals surface area contributed by atoms with Gasteiger partial charge in [0.2, 0.25) is 5.78 Å². The first-order chi connectivity index (χ1) is 10.9. The van der Waals surface area contributed by atoms with Crippen LogP contribution in [0.5, 0.6) is 0 Å². The predicted octanol–water partition coefficient (Wildman–Crippen LogP) is 3.71. The highest BCUT2D eigenvalue weighted by Crippen LogP contribution is 2.17. The molecule has 0 unspecified atom stereocenters. The Kier molecular flexibility index (Phi) is 5.71. The second kappa shape index (κ2) is 7.55. The van der Waals surface area contributed by atoms with E-state index < -0.39 is 5.97 Å². The number of halogens is 1. The molecule has 5 nitrogen and oxygen atoms in total. The molecule has 0 saturated heterocycles. The summed E-state index contributed by atoms with van der Waals surface area (Å²) in [6.45, 7) is 6.57. The smallest absolute Gasteiger partial charge is 0.340 e. The van der Waals surface area contributed by atoms with Gasteiger partial charge in [-0.25, -0.2) is 4.79 Å². The zero-order chi connectivity index (χ0) is 17.0. The van der Waals surface area contributed by atoms with Gasteiger partial charge in [0.1, 0.15) is 0 Å². The summed E-state index contributed by atoms with van der Waals surface area (Å²) in [7, 11) is 0. The molecule has 0 saturated carbocycles. The van der Waals surface area contributed by atoms with Gasteiger partial charge in [0, 0.05) is 40.4 Å². The van der Waals surface area contributed by atoms with E-state index in [4.69, 9.17) is 4.74 Å². The van der Waals surface area contributed by atoms with Gasteiger partial charge >= 0.3 is 5.97 Å². The third kappa shape index (κ3) is 4.07. The number of Topliss-reactive ketones (excluding diaryl/α,β-unsaturated/α-hetero) is 1. The molecule has 0 aliphatic rings. The lowest BCUT2D eigenvalue weighted by atomic mass is 10.1. The molecule has 0 aromatic carbocycles. The number of esters is 1. The molecule has 0 fully saturated rings. The van der Waals surface area contributed by atoms with Crippen molar-refractivity contribution < 1.29 is 14.3 Å². The van der Waals surface area contributed by atoms with Gasteiger partial charge in [-0.3, -0.25) is 9.78 Å². The fourth-order valence-corrected chi connectivity index (χ4v) is 2.83. The van der Waals surface area contributed by atoms with E-state index in [0.717, 1.165) is 24.4 Å². The normalized spacial score (nSPS) is 10.6. The number of pyridine rings is 1.